The standard InChI is InChI=1S/C6H3FNO2/c7-5-3-1-2-4-6(5)8(9)10/h1,3-4H/q+1. The summed E-state index contributed by atoms with van der Waals surface area (Å²) in [6, 6.07) is 0. The van der Waals surface area contributed by atoms with Crippen LogP contribution < -0.4 is 0 Å². The average molecular weight is 140 g/mol. The summed E-state index contributed by atoms with van der Waals surface area (Å²) in [5, 5.41) is 9.97. The van der Waals surface area contributed by atoms with E-state index < -0.39 is 16.4 Å². The summed E-state index contributed by atoms with van der Waals surface area (Å²) in [7, 11) is 0. The maximum Gasteiger partial charge on any atom is 0.414 e. The van der Waals surface area contributed by atoms with Gasteiger partial charge in [0.15, 0.2) is 6.08 Å². The van der Waals surface area contributed by atoms with Crippen LogP contribution in [-0.4, -0.2) is 4.92 Å². The number of allylic oxidation sites excluding steroid dienone is 5. The molecule has 0 radical (unpaired) electrons. The number of halogens is 1. The lowest BCUT2D eigenvalue weighted by atomic mass is 10.2. The number of nitrogens with zero attached hydrogens (tertiary/aromatic N) is 1. The zero-order valence-corrected chi connectivity index (χ0v) is 4.87. The first-order valence-corrected chi connectivity index (χ1v) is 2.52. The third kappa shape index (κ3) is 1.06. The Kier molecular flexibility index (Phi) is 1.56. The van der Waals surface area contributed by atoms with Crippen molar-refractivity contribution in [3.8, 4) is 0 Å². The van der Waals surface area contributed by atoms with E-state index in [0.717, 1.165) is 12.2 Å². The van der Waals surface area contributed by atoms with E-state index in [9.17, 15) is 14.5 Å². The van der Waals surface area contributed by atoms with Crippen LogP contribution in [0.25, 0.3) is 0 Å². The molecule has 50 valence electrons. The van der Waals surface area contributed by atoms with Crippen LogP contribution in [0.3, 0.4) is 0 Å². The highest BCUT2D eigenvalue weighted by Crippen LogP contribution is 2.13. The van der Waals surface area contributed by atoms with Gasteiger partial charge >= 0.3 is 11.5 Å². The van der Waals surface area contributed by atoms with Crippen LogP contribution in [0.4, 0.5) is 4.39 Å². The minimum Gasteiger partial charge on any atom is -0.246 e. The molecule has 0 amide bonds. The van der Waals surface area contributed by atoms with Gasteiger partial charge in [-0.3, -0.25) is 0 Å². The Morgan fingerprint density at radius 1 is 1.70 bits per heavy atom. The van der Waals surface area contributed by atoms with Crippen LogP contribution in [0.5, 0.6) is 0 Å². The zero-order valence-electron chi connectivity index (χ0n) is 4.87. The molecule has 0 N–H and O–H groups in total. The van der Waals surface area contributed by atoms with Gasteiger partial charge in [0.2, 0.25) is 0 Å². The van der Waals surface area contributed by atoms with Gasteiger partial charge in [0.1, 0.15) is 11.0 Å². The van der Waals surface area contributed by atoms with Gasteiger partial charge in [0.05, 0.1) is 6.08 Å². The van der Waals surface area contributed by atoms with Crippen molar-refractivity contribution in [2.24, 2.45) is 0 Å². The van der Waals surface area contributed by atoms with Crippen LogP contribution in [0, 0.1) is 16.2 Å². The fourth-order valence-corrected chi connectivity index (χ4v) is 0.543. The van der Waals surface area contributed by atoms with Crippen LogP contribution in [-0.2, 0) is 0 Å². The molecule has 0 fully saturated rings. The molecule has 1 rings (SSSR count). The van der Waals surface area contributed by atoms with Gasteiger partial charge in [-0.05, 0) is 0 Å². The monoisotopic (exact) mass is 140 g/mol. The Hall–Kier alpha value is -1.54. The molecule has 0 aromatic rings. The Balaban J connectivity index is 3.04. The van der Waals surface area contributed by atoms with Crippen molar-refractivity contribution in [2.75, 3.05) is 0 Å². The first-order valence-electron chi connectivity index (χ1n) is 2.52. The number of nitro groups is 1. The second-order valence-corrected chi connectivity index (χ2v) is 1.63. The van der Waals surface area contributed by atoms with E-state index in [0.29, 0.717) is 0 Å². The topological polar surface area (TPSA) is 43.1 Å². The third-order valence-corrected chi connectivity index (χ3v) is 0.987. The normalized spacial score (nSPS) is 15.3. The molecule has 1 aliphatic rings. The molecule has 0 aromatic carbocycles. The summed E-state index contributed by atoms with van der Waals surface area (Å²) in [6.45, 7) is 0. The molecular formula is C6H3FNO2+. The molecule has 4 heteroatoms. The number of rotatable bonds is 1. The van der Waals surface area contributed by atoms with Crippen LogP contribution in [0.1, 0.15) is 0 Å². The van der Waals surface area contributed by atoms with Crippen molar-refractivity contribution >= 4 is 0 Å². The quantitative estimate of drug-likeness (QED) is 0.313. The fourth-order valence-electron chi connectivity index (χ4n) is 0.543. The van der Waals surface area contributed by atoms with Gasteiger partial charge in [-0.1, -0.05) is 0 Å². The van der Waals surface area contributed by atoms with E-state index in [-0.39, 0.29) is 0 Å². The second-order valence-electron chi connectivity index (χ2n) is 1.63. The second kappa shape index (κ2) is 2.37. The molecular weight excluding hydrogens is 137 g/mol. The molecule has 0 heterocycles. The molecule has 0 bridgehead atoms. The molecule has 0 saturated carbocycles. The minimum atomic E-state index is -0.830. The average Bonchev–Trinajstić information content (AvgIpc) is 1.88. The van der Waals surface area contributed by atoms with E-state index in [1.54, 1.807) is 0 Å². The molecule has 0 atom stereocenters. The third-order valence-electron chi connectivity index (χ3n) is 0.987. The smallest absolute Gasteiger partial charge is 0.246 e. The largest absolute Gasteiger partial charge is 0.414 e. The lowest BCUT2D eigenvalue weighted by Gasteiger charge is -1.84. The van der Waals surface area contributed by atoms with Crippen molar-refractivity contribution in [1.82, 2.24) is 0 Å². The molecule has 1 aliphatic carbocycles. The molecule has 0 aromatic heterocycles. The summed E-state index contributed by atoms with van der Waals surface area (Å²) >= 11 is 0. The highest BCUT2D eigenvalue weighted by molar-refractivity contribution is 5.29. The molecule has 3 nitrogen and oxygen atoms in total. The van der Waals surface area contributed by atoms with Gasteiger partial charge in [0.25, 0.3) is 0 Å². The zero-order chi connectivity index (χ0) is 7.56. The van der Waals surface area contributed by atoms with Crippen molar-refractivity contribution in [3.05, 3.63) is 45.9 Å². The molecule has 10 heavy (non-hydrogen) atoms. The lowest BCUT2D eigenvalue weighted by molar-refractivity contribution is -0.421. The molecule has 0 spiro atoms. The predicted molar refractivity (Wildman–Crippen MR) is 32.1 cm³/mol. The summed E-state index contributed by atoms with van der Waals surface area (Å²) < 4.78 is 12.4. The van der Waals surface area contributed by atoms with Crippen molar-refractivity contribution < 1.29 is 9.31 Å². The van der Waals surface area contributed by atoms with E-state index in [4.69, 9.17) is 0 Å². The Labute approximate surface area is 56.3 Å². The van der Waals surface area contributed by atoms with Crippen molar-refractivity contribution in [2.45, 2.75) is 0 Å². The van der Waals surface area contributed by atoms with Crippen LogP contribution >= 0.6 is 0 Å². The summed E-state index contributed by atoms with van der Waals surface area (Å²) in [5.74, 6) is -0.830. The Bertz CT molecular complexity index is 252. The van der Waals surface area contributed by atoms with Gasteiger partial charge in [-0.15, -0.1) is 0 Å². The Morgan fingerprint density at radius 2 is 2.40 bits per heavy atom. The van der Waals surface area contributed by atoms with E-state index in [2.05, 4.69) is 6.08 Å². The van der Waals surface area contributed by atoms with Crippen molar-refractivity contribution in [1.29, 1.82) is 0 Å². The maximum atomic E-state index is 12.4. The summed E-state index contributed by atoms with van der Waals surface area (Å²) in [4.78, 5) is 9.18. The maximum absolute atomic E-state index is 12.4. The minimum absolute atomic E-state index is 0.539. The number of hydrogen-bond donors (Lipinski definition) is 0. The molecule has 0 saturated heterocycles. The first kappa shape index (κ1) is 6.58. The van der Waals surface area contributed by atoms with E-state index in [1.807, 2.05) is 0 Å². The van der Waals surface area contributed by atoms with Crippen LogP contribution in [0.2, 0.25) is 0 Å². The summed E-state index contributed by atoms with van der Waals surface area (Å²) in [5.41, 5.74) is -0.539. The first-order chi connectivity index (χ1) is 4.72. The SMILES string of the molecule is O=[N+]([O-])C1=C(F)C=C[C+]=C1. The van der Waals surface area contributed by atoms with Crippen molar-refractivity contribution in [3.63, 3.8) is 0 Å². The van der Waals surface area contributed by atoms with E-state index in [1.165, 1.54) is 6.08 Å². The van der Waals surface area contributed by atoms with Gasteiger partial charge < -0.3 is 0 Å². The number of hydrogen-bond acceptors (Lipinski definition) is 2. The predicted octanol–water partition coefficient (Wildman–Crippen LogP) is 1.37. The fraction of sp³-hybridized carbons (Fsp3) is 0. The van der Waals surface area contributed by atoms with E-state index >= 15 is 0 Å². The lowest BCUT2D eigenvalue weighted by Crippen LogP contribution is -1.98. The molecule has 0 unspecified atom stereocenters. The highest BCUT2D eigenvalue weighted by Gasteiger charge is 2.24. The summed E-state index contributed by atoms with van der Waals surface area (Å²) in [6.07, 6.45) is 5.68. The van der Waals surface area contributed by atoms with Gasteiger partial charge in [-0.25, -0.2) is 10.1 Å². The van der Waals surface area contributed by atoms with Gasteiger partial charge in [-0.2, -0.15) is 4.39 Å². The Morgan fingerprint density at radius 3 is 2.80 bits per heavy atom. The highest BCUT2D eigenvalue weighted by atomic mass is 19.1. The van der Waals surface area contributed by atoms with Crippen LogP contribution in [0.15, 0.2) is 29.8 Å². The van der Waals surface area contributed by atoms with Gasteiger partial charge in [0, 0.05) is 6.08 Å². The molecule has 0 aliphatic heterocycles.